The number of fused-ring (bicyclic) bond motifs is 1. The Kier molecular flexibility index (Phi) is 6.12. The second-order valence-electron chi connectivity index (χ2n) is 6.86. The highest BCUT2D eigenvalue weighted by atomic mass is 16.5. The fraction of sp³-hybridized carbons (Fsp3) is 0.364. The van der Waals surface area contributed by atoms with Gasteiger partial charge in [-0.2, -0.15) is 0 Å². The molecule has 1 aliphatic rings. The largest absolute Gasteiger partial charge is 0.497 e. The third-order valence-electron chi connectivity index (χ3n) is 4.94. The number of benzene rings is 2. The van der Waals surface area contributed by atoms with Crippen LogP contribution in [0.1, 0.15) is 43.4 Å². The molecule has 1 atom stereocenters. The Morgan fingerprint density at radius 2 is 1.85 bits per heavy atom. The van der Waals surface area contributed by atoms with E-state index in [1.165, 1.54) is 12.5 Å². The van der Waals surface area contributed by atoms with Crippen molar-refractivity contribution in [3.8, 4) is 5.75 Å². The number of hydrogen-bond donors (Lipinski definition) is 1. The van der Waals surface area contributed by atoms with Crippen LogP contribution in [-0.4, -0.2) is 25.5 Å². The fourth-order valence-corrected chi connectivity index (χ4v) is 3.57. The molecule has 2 aromatic carbocycles. The van der Waals surface area contributed by atoms with Crippen molar-refractivity contribution < 1.29 is 14.3 Å². The molecule has 3 rings (SSSR count). The van der Waals surface area contributed by atoms with E-state index in [0.717, 1.165) is 36.3 Å². The van der Waals surface area contributed by atoms with Crippen LogP contribution in [0.15, 0.2) is 48.5 Å². The standard InChI is InChI=1S/C22H26N2O3/c1-16(25)23-20(17-10-12-19(27-2)13-11-17)15-22(26)24-14-6-5-8-18-7-3-4-9-21(18)24/h3-4,7,9-13,20H,5-6,8,14-15H2,1-2H3,(H,23,25)/t20-/m1/s1. The predicted molar refractivity (Wildman–Crippen MR) is 106 cm³/mol. The minimum Gasteiger partial charge on any atom is -0.497 e. The van der Waals surface area contributed by atoms with Gasteiger partial charge in [-0.3, -0.25) is 9.59 Å². The number of aryl methyl sites for hydroxylation is 1. The van der Waals surface area contributed by atoms with Crippen LogP contribution in [0, 0.1) is 0 Å². The SMILES string of the molecule is COc1ccc([C@@H](CC(=O)N2CCCCc3ccccc32)NC(C)=O)cc1. The van der Waals surface area contributed by atoms with E-state index in [4.69, 9.17) is 4.74 Å². The molecule has 142 valence electrons. The van der Waals surface area contributed by atoms with Crippen LogP contribution in [0.2, 0.25) is 0 Å². The predicted octanol–water partition coefficient (Wildman–Crippen LogP) is 3.63. The second-order valence-corrected chi connectivity index (χ2v) is 6.86. The third kappa shape index (κ3) is 4.67. The van der Waals surface area contributed by atoms with Gasteiger partial charge in [-0.05, 0) is 48.6 Å². The summed E-state index contributed by atoms with van der Waals surface area (Å²) in [6.45, 7) is 2.19. The lowest BCUT2D eigenvalue weighted by molar-refractivity contribution is -0.121. The molecule has 1 N–H and O–H groups in total. The molecule has 0 saturated carbocycles. The lowest BCUT2D eigenvalue weighted by Gasteiger charge is -2.26. The van der Waals surface area contributed by atoms with E-state index in [0.29, 0.717) is 6.54 Å². The number of hydrogen-bond acceptors (Lipinski definition) is 3. The Morgan fingerprint density at radius 3 is 2.56 bits per heavy atom. The quantitative estimate of drug-likeness (QED) is 0.879. The number of carbonyl (C=O) groups is 2. The highest BCUT2D eigenvalue weighted by molar-refractivity contribution is 5.95. The molecule has 1 aliphatic heterocycles. The summed E-state index contributed by atoms with van der Waals surface area (Å²) in [4.78, 5) is 26.7. The number of ether oxygens (including phenoxy) is 1. The Bertz CT molecular complexity index is 801. The number of para-hydroxylation sites is 1. The average molecular weight is 366 g/mol. The Labute approximate surface area is 160 Å². The van der Waals surface area contributed by atoms with Crippen molar-refractivity contribution in [1.29, 1.82) is 0 Å². The molecule has 0 aromatic heterocycles. The molecule has 2 aromatic rings. The molecule has 0 radical (unpaired) electrons. The summed E-state index contributed by atoms with van der Waals surface area (Å²) in [7, 11) is 1.61. The number of methoxy groups -OCH3 is 1. The Morgan fingerprint density at radius 1 is 1.11 bits per heavy atom. The number of rotatable bonds is 5. The molecule has 2 amide bonds. The van der Waals surface area contributed by atoms with Gasteiger partial charge in [0.25, 0.3) is 0 Å². The topological polar surface area (TPSA) is 58.6 Å². The molecule has 5 heteroatoms. The first-order valence-corrected chi connectivity index (χ1v) is 9.38. The van der Waals surface area contributed by atoms with Crippen LogP contribution in [0.4, 0.5) is 5.69 Å². The number of carbonyl (C=O) groups excluding carboxylic acids is 2. The average Bonchev–Trinajstić information content (AvgIpc) is 2.90. The molecule has 0 fully saturated rings. The van der Waals surface area contributed by atoms with Gasteiger partial charge < -0.3 is 15.0 Å². The molecule has 0 spiro atoms. The zero-order chi connectivity index (χ0) is 19.2. The van der Waals surface area contributed by atoms with Crippen LogP contribution in [0.5, 0.6) is 5.75 Å². The van der Waals surface area contributed by atoms with Crippen molar-refractivity contribution in [3.63, 3.8) is 0 Å². The van der Waals surface area contributed by atoms with Crippen molar-refractivity contribution in [2.45, 2.75) is 38.6 Å². The summed E-state index contributed by atoms with van der Waals surface area (Å²) >= 11 is 0. The highest BCUT2D eigenvalue weighted by Crippen LogP contribution is 2.28. The third-order valence-corrected chi connectivity index (χ3v) is 4.94. The first-order chi connectivity index (χ1) is 13.1. The van der Waals surface area contributed by atoms with E-state index in [2.05, 4.69) is 11.4 Å². The van der Waals surface area contributed by atoms with E-state index < -0.39 is 0 Å². The minimum absolute atomic E-state index is 0.0268. The van der Waals surface area contributed by atoms with Crippen molar-refractivity contribution >= 4 is 17.5 Å². The summed E-state index contributed by atoms with van der Waals surface area (Å²) in [5, 5.41) is 2.92. The van der Waals surface area contributed by atoms with Gasteiger partial charge in [0, 0.05) is 19.2 Å². The van der Waals surface area contributed by atoms with Crippen molar-refractivity contribution in [2.24, 2.45) is 0 Å². The van der Waals surface area contributed by atoms with Crippen LogP contribution in [0.3, 0.4) is 0 Å². The summed E-state index contributed by atoms with van der Waals surface area (Å²) < 4.78 is 5.20. The first kappa shape index (κ1) is 19.0. The molecule has 0 bridgehead atoms. The summed E-state index contributed by atoms with van der Waals surface area (Å²) in [5.41, 5.74) is 3.10. The molecule has 0 aliphatic carbocycles. The van der Waals surface area contributed by atoms with Gasteiger partial charge in [-0.1, -0.05) is 30.3 Å². The molecular weight excluding hydrogens is 340 g/mol. The van der Waals surface area contributed by atoms with Crippen LogP contribution >= 0.6 is 0 Å². The molecule has 0 saturated heterocycles. The zero-order valence-electron chi connectivity index (χ0n) is 15.9. The summed E-state index contributed by atoms with van der Waals surface area (Å²) in [6.07, 6.45) is 3.27. The van der Waals surface area contributed by atoms with Crippen LogP contribution < -0.4 is 15.0 Å². The van der Waals surface area contributed by atoms with E-state index in [1.54, 1.807) is 7.11 Å². The van der Waals surface area contributed by atoms with Gasteiger partial charge in [-0.15, -0.1) is 0 Å². The minimum atomic E-state index is -0.365. The van der Waals surface area contributed by atoms with Crippen molar-refractivity contribution in [2.75, 3.05) is 18.6 Å². The normalized spacial score (nSPS) is 14.7. The molecular formula is C22H26N2O3. The monoisotopic (exact) mass is 366 g/mol. The van der Waals surface area contributed by atoms with Crippen LogP contribution in [0.25, 0.3) is 0 Å². The molecule has 1 heterocycles. The van der Waals surface area contributed by atoms with Gasteiger partial charge in [-0.25, -0.2) is 0 Å². The van der Waals surface area contributed by atoms with E-state index in [-0.39, 0.29) is 24.3 Å². The van der Waals surface area contributed by atoms with Gasteiger partial charge >= 0.3 is 0 Å². The van der Waals surface area contributed by atoms with E-state index in [9.17, 15) is 9.59 Å². The van der Waals surface area contributed by atoms with E-state index >= 15 is 0 Å². The first-order valence-electron chi connectivity index (χ1n) is 9.38. The van der Waals surface area contributed by atoms with Crippen molar-refractivity contribution in [3.05, 3.63) is 59.7 Å². The maximum Gasteiger partial charge on any atom is 0.229 e. The maximum absolute atomic E-state index is 13.2. The number of anilines is 1. The number of nitrogens with zero attached hydrogens (tertiary/aromatic N) is 1. The van der Waals surface area contributed by atoms with Gasteiger partial charge in [0.15, 0.2) is 0 Å². The summed E-state index contributed by atoms with van der Waals surface area (Å²) in [6, 6.07) is 15.2. The van der Waals surface area contributed by atoms with Gasteiger partial charge in [0.05, 0.1) is 19.6 Å². The van der Waals surface area contributed by atoms with Gasteiger partial charge in [0.2, 0.25) is 11.8 Å². The smallest absolute Gasteiger partial charge is 0.229 e. The summed E-state index contributed by atoms with van der Waals surface area (Å²) in [5.74, 6) is 0.617. The maximum atomic E-state index is 13.2. The molecule has 5 nitrogen and oxygen atoms in total. The molecule has 0 unspecified atom stereocenters. The Hall–Kier alpha value is -2.82. The second kappa shape index (κ2) is 8.71. The number of nitrogens with one attached hydrogen (secondary N) is 1. The number of amides is 2. The Balaban J connectivity index is 1.82. The lowest BCUT2D eigenvalue weighted by Crippen LogP contribution is -2.36. The van der Waals surface area contributed by atoms with Crippen molar-refractivity contribution in [1.82, 2.24) is 5.32 Å². The molecule has 27 heavy (non-hydrogen) atoms. The lowest BCUT2D eigenvalue weighted by atomic mass is 10.0. The van der Waals surface area contributed by atoms with E-state index in [1.807, 2.05) is 47.4 Å². The fourth-order valence-electron chi connectivity index (χ4n) is 3.57. The van der Waals surface area contributed by atoms with Gasteiger partial charge in [0.1, 0.15) is 5.75 Å². The highest BCUT2D eigenvalue weighted by Gasteiger charge is 2.25. The zero-order valence-corrected chi connectivity index (χ0v) is 15.9. The van der Waals surface area contributed by atoms with Crippen LogP contribution in [-0.2, 0) is 16.0 Å².